The Morgan fingerprint density at radius 2 is 2.32 bits per heavy atom. The molecule has 132 valence electrons. The minimum atomic E-state index is -3.07. The van der Waals surface area contributed by atoms with Gasteiger partial charge in [0.25, 0.3) is 0 Å². The molecule has 1 aliphatic heterocycles. The maximum absolute atomic E-state index is 12.1. The van der Waals surface area contributed by atoms with E-state index in [-0.39, 0.29) is 17.5 Å². The molecule has 0 amide bonds. The lowest BCUT2D eigenvalue weighted by atomic mass is 10.1. The van der Waals surface area contributed by atoms with Crippen molar-refractivity contribution in [3.05, 3.63) is 40.7 Å². The fourth-order valence-corrected chi connectivity index (χ4v) is 5.15. The van der Waals surface area contributed by atoms with Gasteiger partial charge in [-0.25, -0.2) is 8.42 Å². The summed E-state index contributed by atoms with van der Waals surface area (Å²) in [7, 11) is -1.25. The third kappa shape index (κ3) is 3.51. The van der Waals surface area contributed by atoms with E-state index in [4.69, 9.17) is 4.52 Å². The molecule has 0 aromatic carbocycles. The molecule has 0 spiro atoms. The highest BCUT2D eigenvalue weighted by molar-refractivity contribution is 7.91. The number of thiophene rings is 1. The quantitative estimate of drug-likeness (QED) is 0.678. The van der Waals surface area contributed by atoms with Crippen molar-refractivity contribution in [3.63, 3.8) is 0 Å². The van der Waals surface area contributed by atoms with Gasteiger partial charge in [-0.2, -0.15) is 21.4 Å². The molecular weight excluding hydrogens is 362 g/mol. The molecule has 10 heteroatoms. The predicted octanol–water partition coefficient (Wildman–Crippen LogP) is 1.50. The molecule has 3 aromatic rings. The molecule has 0 bridgehead atoms. The van der Waals surface area contributed by atoms with Gasteiger partial charge in [0.05, 0.1) is 30.3 Å². The van der Waals surface area contributed by atoms with Crippen molar-refractivity contribution in [1.29, 1.82) is 0 Å². The molecule has 1 unspecified atom stereocenters. The van der Waals surface area contributed by atoms with Crippen LogP contribution in [0.15, 0.2) is 33.7 Å². The Kier molecular flexibility index (Phi) is 4.18. The Morgan fingerprint density at radius 1 is 1.44 bits per heavy atom. The molecule has 4 heterocycles. The van der Waals surface area contributed by atoms with Gasteiger partial charge in [0.2, 0.25) is 11.7 Å². The lowest BCUT2D eigenvalue weighted by molar-refractivity contribution is 0.179. The molecule has 0 saturated carbocycles. The minimum Gasteiger partial charge on any atom is -0.338 e. The van der Waals surface area contributed by atoms with Gasteiger partial charge in [0.1, 0.15) is 0 Å². The molecule has 4 rings (SSSR count). The second kappa shape index (κ2) is 6.36. The van der Waals surface area contributed by atoms with E-state index in [0.29, 0.717) is 24.8 Å². The molecule has 1 aliphatic rings. The maximum Gasteiger partial charge on any atom is 0.241 e. The third-order valence-corrected chi connectivity index (χ3v) is 6.55. The number of sulfone groups is 1. The van der Waals surface area contributed by atoms with Crippen molar-refractivity contribution < 1.29 is 12.9 Å². The maximum atomic E-state index is 12.1. The van der Waals surface area contributed by atoms with E-state index in [1.165, 1.54) is 0 Å². The molecule has 0 N–H and O–H groups in total. The van der Waals surface area contributed by atoms with Gasteiger partial charge in [-0.1, -0.05) is 5.16 Å². The summed E-state index contributed by atoms with van der Waals surface area (Å²) >= 11 is 1.57. The zero-order valence-electron chi connectivity index (χ0n) is 13.6. The van der Waals surface area contributed by atoms with Crippen LogP contribution in [0.1, 0.15) is 17.5 Å². The number of aromatic nitrogens is 4. The summed E-state index contributed by atoms with van der Waals surface area (Å²) in [6, 6.07) is 1.68. The van der Waals surface area contributed by atoms with Crippen molar-refractivity contribution in [2.75, 3.05) is 18.1 Å². The van der Waals surface area contributed by atoms with Crippen LogP contribution in [-0.2, 0) is 23.4 Å². The van der Waals surface area contributed by atoms with Crippen molar-refractivity contribution >= 4 is 21.2 Å². The molecule has 1 fully saturated rings. The fraction of sp³-hybridized carbons (Fsp3) is 0.400. The lowest BCUT2D eigenvalue weighted by Gasteiger charge is -2.33. The smallest absolute Gasteiger partial charge is 0.241 e. The molecule has 8 nitrogen and oxygen atoms in total. The largest absolute Gasteiger partial charge is 0.338 e. The van der Waals surface area contributed by atoms with Crippen molar-refractivity contribution in [2.45, 2.75) is 12.6 Å². The van der Waals surface area contributed by atoms with Crippen LogP contribution in [0.5, 0.6) is 0 Å². The van der Waals surface area contributed by atoms with Crippen LogP contribution in [0, 0.1) is 0 Å². The highest BCUT2D eigenvalue weighted by Crippen LogP contribution is 2.28. The Hall–Kier alpha value is -2.04. The number of nitrogens with zero attached hydrogens (tertiary/aromatic N) is 5. The van der Waals surface area contributed by atoms with E-state index >= 15 is 0 Å². The van der Waals surface area contributed by atoms with Gasteiger partial charge in [-0.3, -0.25) is 9.58 Å². The lowest BCUT2D eigenvalue weighted by Crippen LogP contribution is -2.42. The molecular formula is C15H17N5O3S2. The van der Waals surface area contributed by atoms with E-state index in [1.807, 2.05) is 30.1 Å². The minimum absolute atomic E-state index is 0.0736. The zero-order chi connectivity index (χ0) is 17.4. The van der Waals surface area contributed by atoms with Gasteiger partial charge in [0.15, 0.2) is 9.84 Å². The van der Waals surface area contributed by atoms with Gasteiger partial charge < -0.3 is 4.52 Å². The normalized spacial score (nSPS) is 20.8. The van der Waals surface area contributed by atoms with Crippen LogP contribution < -0.4 is 0 Å². The third-order valence-electron chi connectivity index (χ3n) is 4.24. The highest BCUT2D eigenvalue weighted by atomic mass is 32.2. The molecule has 1 saturated heterocycles. The first-order valence-electron chi connectivity index (χ1n) is 7.78. The first kappa shape index (κ1) is 16.4. The predicted molar refractivity (Wildman–Crippen MR) is 92.6 cm³/mol. The second-order valence-electron chi connectivity index (χ2n) is 6.07. The number of hydrogen-bond acceptors (Lipinski definition) is 8. The van der Waals surface area contributed by atoms with Gasteiger partial charge >= 0.3 is 0 Å². The van der Waals surface area contributed by atoms with Crippen LogP contribution in [0.3, 0.4) is 0 Å². The topological polar surface area (TPSA) is 94.1 Å². The summed E-state index contributed by atoms with van der Waals surface area (Å²) in [6.07, 6.45) is 3.56. The van der Waals surface area contributed by atoms with E-state index < -0.39 is 9.84 Å². The number of hydrogen-bond donors (Lipinski definition) is 0. The van der Waals surface area contributed by atoms with Crippen LogP contribution in [-0.4, -0.2) is 51.3 Å². The highest BCUT2D eigenvalue weighted by Gasteiger charge is 2.34. The fourth-order valence-electron chi connectivity index (χ4n) is 2.95. The summed E-state index contributed by atoms with van der Waals surface area (Å²) < 4.78 is 31.2. The first-order chi connectivity index (χ1) is 12.0. The summed E-state index contributed by atoms with van der Waals surface area (Å²) in [5.74, 6) is 1.24. The van der Waals surface area contributed by atoms with Crippen LogP contribution in [0.2, 0.25) is 0 Å². The second-order valence-corrected chi connectivity index (χ2v) is 9.08. The van der Waals surface area contributed by atoms with E-state index in [0.717, 1.165) is 11.1 Å². The van der Waals surface area contributed by atoms with Crippen molar-refractivity contribution in [2.24, 2.45) is 7.05 Å². The first-order valence-corrected chi connectivity index (χ1v) is 10.5. The average molecular weight is 379 g/mol. The molecule has 1 atom stereocenters. The van der Waals surface area contributed by atoms with E-state index in [2.05, 4.69) is 20.1 Å². The van der Waals surface area contributed by atoms with Gasteiger partial charge in [-0.15, -0.1) is 0 Å². The Balaban J connectivity index is 1.57. The Labute approximate surface area is 149 Å². The Morgan fingerprint density at radius 3 is 3.04 bits per heavy atom. The van der Waals surface area contributed by atoms with E-state index in [9.17, 15) is 8.42 Å². The van der Waals surface area contributed by atoms with Gasteiger partial charge in [-0.05, 0) is 11.4 Å². The SMILES string of the molecule is Cn1cc(C2CS(=O)(=O)CCN2Cc2nc(-c3ccsc3)no2)cn1. The summed E-state index contributed by atoms with van der Waals surface area (Å²) in [5, 5.41) is 12.1. The molecule has 3 aromatic heterocycles. The summed E-state index contributed by atoms with van der Waals surface area (Å²) in [6.45, 7) is 0.838. The number of rotatable bonds is 4. The molecule has 25 heavy (non-hydrogen) atoms. The van der Waals surface area contributed by atoms with Crippen LogP contribution >= 0.6 is 11.3 Å². The Bertz CT molecular complexity index is 961. The number of aryl methyl sites for hydroxylation is 1. The van der Waals surface area contributed by atoms with Crippen molar-refractivity contribution in [3.8, 4) is 11.4 Å². The summed E-state index contributed by atoms with van der Waals surface area (Å²) in [4.78, 5) is 6.49. The van der Waals surface area contributed by atoms with Crippen LogP contribution in [0.4, 0.5) is 0 Å². The van der Waals surface area contributed by atoms with Crippen molar-refractivity contribution in [1.82, 2.24) is 24.8 Å². The summed E-state index contributed by atoms with van der Waals surface area (Å²) in [5.41, 5.74) is 1.80. The zero-order valence-corrected chi connectivity index (χ0v) is 15.2. The van der Waals surface area contributed by atoms with Crippen LogP contribution in [0.25, 0.3) is 11.4 Å². The van der Waals surface area contributed by atoms with Gasteiger partial charge in [0, 0.05) is 36.3 Å². The average Bonchev–Trinajstić information content (AvgIpc) is 3.29. The van der Waals surface area contributed by atoms with E-state index in [1.54, 1.807) is 22.2 Å². The molecule has 0 radical (unpaired) electrons. The standard InChI is InChI=1S/C15H17N5O3S2/c1-19-7-12(6-16-19)13-10-25(21,22)5-3-20(13)8-14-17-15(18-23-14)11-2-4-24-9-11/h2,4,6-7,9,13H,3,5,8,10H2,1H3. The monoisotopic (exact) mass is 379 g/mol. The molecule has 0 aliphatic carbocycles.